The van der Waals surface area contributed by atoms with E-state index in [-0.39, 0.29) is 30.4 Å². The summed E-state index contributed by atoms with van der Waals surface area (Å²) in [7, 11) is 6.09. The Morgan fingerprint density at radius 3 is 2.21 bits per heavy atom. The van der Waals surface area contributed by atoms with Crippen molar-refractivity contribution in [3.05, 3.63) is 54.6 Å². The third kappa shape index (κ3) is 14.0. The number of aliphatic imine (C=N–C) groups is 1. The minimum Gasteiger partial charge on any atom is -0.846 e. The van der Waals surface area contributed by atoms with Gasteiger partial charge in [-0.2, -0.15) is 0 Å². The van der Waals surface area contributed by atoms with Gasteiger partial charge in [0.15, 0.2) is 0 Å². The third-order valence-corrected chi connectivity index (χ3v) is 5.87. The number of quaternary nitrogens is 1. The number of hydrogen-bond acceptors (Lipinski definition) is 5. The molecule has 0 radical (unpaired) electrons. The van der Waals surface area contributed by atoms with Gasteiger partial charge >= 0.3 is 5.97 Å². The summed E-state index contributed by atoms with van der Waals surface area (Å²) in [5, 5.41) is 15.2. The van der Waals surface area contributed by atoms with Crippen molar-refractivity contribution in [3.8, 4) is 16.9 Å². The predicted molar refractivity (Wildman–Crippen MR) is 153 cm³/mol. The Hall–Kier alpha value is -3.06. The lowest BCUT2D eigenvalue weighted by Crippen LogP contribution is -2.52. The molecule has 0 aliphatic heterocycles. The highest BCUT2D eigenvalue weighted by molar-refractivity contribution is 5.73. The van der Waals surface area contributed by atoms with E-state index in [4.69, 9.17) is 9.47 Å². The second kappa shape index (κ2) is 16.7. The van der Waals surface area contributed by atoms with Crippen LogP contribution in [0.25, 0.3) is 11.1 Å². The van der Waals surface area contributed by atoms with Crippen molar-refractivity contribution < 1.29 is 23.9 Å². The summed E-state index contributed by atoms with van der Waals surface area (Å²) in [5.74, 6) is 0.891. The molecule has 38 heavy (non-hydrogen) atoms. The molecule has 0 fully saturated rings. The molecule has 1 N–H and O–H groups in total. The van der Waals surface area contributed by atoms with Crippen LogP contribution in [0.2, 0.25) is 0 Å². The molecule has 0 aromatic heterocycles. The van der Waals surface area contributed by atoms with E-state index >= 15 is 0 Å². The molecule has 0 heterocycles. The van der Waals surface area contributed by atoms with E-state index in [1.54, 1.807) is 0 Å². The van der Waals surface area contributed by atoms with Gasteiger partial charge in [0.25, 0.3) is 0 Å². The maximum absolute atomic E-state index is 12.3. The van der Waals surface area contributed by atoms with Crippen LogP contribution in [0.1, 0.15) is 52.4 Å². The Morgan fingerprint density at radius 2 is 1.55 bits per heavy atom. The standard InChI is InChI=1S/C31H47N3O4/c1-25(2)24-38-30(35)22-28(23-34(3,4)5)33-31(36)32-20-12-7-6-8-13-21-37-29-18-16-27(17-19-29)26-14-10-9-11-15-26/h9-11,14-19,25,28H,6-8,12-13,20-24H2,1-5H3,(H-,32,33,36)/t28-/m1/s1. The molecule has 0 aliphatic rings. The highest BCUT2D eigenvalue weighted by Gasteiger charge is 2.21. The zero-order chi connectivity index (χ0) is 27.8. The number of carbonyl (C=O) groups is 1. The van der Waals surface area contributed by atoms with Crippen molar-refractivity contribution in [1.29, 1.82) is 0 Å². The number of likely N-dealkylation sites (N-methyl/N-ethyl adjacent to an activating group) is 1. The average Bonchev–Trinajstić information content (AvgIpc) is 2.86. The molecule has 7 heteroatoms. The summed E-state index contributed by atoms with van der Waals surface area (Å²) in [6, 6.07) is 17.9. The highest BCUT2D eigenvalue weighted by Crippen LogP contribution is 2.22. The number of hydrogen-bond donors (Lipinski definition) is 1. The average molecular weight is 526 g/mol. The smallest absolute Gasteiger partial charge is 0.308 e. The topological polar surface area (TPSA) is 83.0 Å². The van der Waals surface area contributed by atoms with Crippen molar-refractivity contribution >= 4 is 12.0 Å². The number of benzene rings is 2. The molecular weight excluding hydrogens is 478 g/mol. The van der Waals surface area contributed by atoms with E-state index in [0.29, 0.717) is 30.8 Å². The van der Waals surface area contributed by atoms with Crippen LogP contribution in [-0.2, 0) is 9.53 Å². The Morgan fingerprint density at radius 1 is 0.921 bits per heavy atom. The molecule has 0 spiro atoms. The maximum Gasteiger partial charge on any atom is 0.308 e. The number of amidine groups is 1. The molecule has 0 unspecified atom stereocenters. The summed E-state index contributed by atoms with van der Waals surface area (Å²) in [5.41, 5.74) is 2.39. The van der Waals surface area contributed by atoms with Crippen LogP contribution in [0.15, 0.2) is 59.6 Å². The third-order valence-electron chi connectivity index (χ3n) is 5.87. The van der Waals surface area contributed by atoms with Gasteiger partial charge in [-0.3, -0.25) is 9.79 Å². The lowest BCUT2D eigenvalue weighted by molar-refractivity contribution is -0.871. The van der Waals surface area contributed by atoms with Gasteiger partial charge in [-0.25, -0.2) is 0 Å². The van der Waals surface area contributed by atoms with Gasteiger partial charge in [0.2, 0.25) is 0 Å². The van der Waals surface area contributed by atoms with E-state index in [1.165, 1.54) is 11.1 Å². The lowest BCUT2D eigenvalue weighted by atomic mass is 10.1. The molecule has 2 aromatic rings. The van der Waals surface area contributed by atoms with Crippen LogP contribution in [0.5, 0.6) is 5.75 Å². The van der Waals surface area contributed by atoms with Gasteiger partial charge in [0.05, 0.1) is 53.4 Å². The number of unbranched alkanes of at least 4 members (excludes halogenated alkanes) is 4. The van der Waals surface area contributed by atoms with Crippen molar-refractivity contribution in [2.75, 3.05) is 47.4 Å². The fourth-order valence-electron chi connectivity index (χ4n) is 4.05. The molecule has 2 rings (SSSR count). The minimum atomic E-state index is -0.355. The van der Waals surface area contributed by atoms with Gasteiger partial charge in [0.1, 0.15) is 5.75 Å². The second-order valence-corrected chi connectivity index (χ2v) is 11.3. The Labute approximate surface area is 229 Å². The van der Waals surface area contributed by atoms with Crippen molar-refractivity contribution in [3.63, 3.8) is 0 Å². The lowest BCUT2D eigenvalue weighted by Gasteiger charge is -2.31. The molecule has 0 aliphatic carbocycles. The predicted octanol–water partition coefficient (Wildman–Crippen LogP) is 4.65. The van der Waals surface area contributed by atoms with Crippen LogP contribution in [0.3, 0.4) is 0 Å². The fourth-order valence-corrected chi connectivity index (χ4v) is 4.05. The van der Waals surface area contributed by atoms with Crippen LogP contribution in [0, 0.1) is 5.92 Å². The van der Waals surface area contributed by atoms with E-state index in [1.807, 2.05) is 65.3 Å². The van der Waals surface area contributed by atoms with Crippen LogP contribution in [-0.4, -0.2) is 70.0 Å². The van der Waals surface area contributed by atoms with Gasteiger partial charge in [0, 0.05) is 12.6 Å². The summed E-state index contributed by atoms with van der Waals surface area (Å²) >= 11 is 0. The number of carbonyl (C=O) groups excluding carboxylic acids is 1. The molecule has 7 nitrogen and oxygen atoms in total. The van der Waals surface area contributed by atoms with E-state index in [2.05, 4.69) is 34.6 Å². The SMILES string of the molecule is CC(C)COC(=O)C[C@H](C[N+](C)(C)C)NC([O-])=NCCCCCCCOc1ccc(-c2ccccc2)cc1. The van der Waals surface area contributed by atoms with Crippen molar-refractivity contribution in [2.24, 2.45) is 10.9 Å². The Balaban J connectivity index is 1.60. The zero-order valence-corrected chi connectivity index (χ0v) is 23.9. The van der Waals surface area contributed by atoms with Crippen LogP contribution in [0.4, 0.5) is 0 Å². The van der Waals surface area contributed by atoms with Gasteiger partial charge in [-0.1, -0.05) is 75.6 Å². The van der Waals surface area contributed by atoms with Crippen LogP contribution < -0.4 is 15.2 Å². The van der Waals surface area contributed by atoms with Crippen molar-refractivity contribution in [1.82, 2.24) is 5.32 Å². The molecule has 0 bridgehead atoms. The fraction of sp³-hybridized carbons (Fsp3) is 0.548. The first kappa shape index (κ1) is 31.2. The summed E-state index contributed by atoms with van der Waals surface area (Å²) in [6.45, 7) is 6.20. The number of nitrogens with zero attached hydrogens (tertiary/aromatic N) is 2. The monoisotopic (exact) mass is 525 g/mol. The molecular formula is C31H47N3O4. The largest absolute Gasteiger partial charge is 0.846 e. The first-order valence-corrected chi connectivity index (χ1v) is 13.8. The molecule has 0 saturated heterocycles. The molecule has 210 valence electrons. The highest BCUT2D eigenvalue weighted by atomic mass is 16.5. The van der Waals surface area contributed by atoms with E-state index < -0.39 is 0 Å². The van der Waals surface area contributed by atoms with Gasteiger partial charge < -0.3 is 24.4 Å². The molecule has 2 aromatic carbocycles. The number of rotatable bonds is 17. The second-order valence-electron chi connectivity index (χ2n) is 11.3. The maximum atomic E-state index is 12.3. The molecule has 0 amide bonds. The first-order valence-electron chi connectivity index (χ1n) is 13.8. The number of esters is 1. The summed E-state index contributed by atoms with van der Waals surface area (Å²) in [6.07, 6.45) is 5.20. The first-order chi connectivity index (χ1) is 18.1. The normalized spacial score (nSPS) is 12.8. The number of ether oxygens (including phenoxy) is 2. The van der Waals surface area contributed by atoms with Gasteiger partial charge in [-0.15, -0.1) is 0 Å². The summed E-state index contributed by atoms with van der Waals surface area (Å²) < 4.78 is 11.8. The Bertz CT molecular complexity index is 953. The van der Waals surface area contributed by atoms with E-state index in [9.17, 15) is 9.90 Å². The minimum absolute atomic E-state index is 0.155. The Kier molecular flexibility index (Phi) is 13.7. The van der Waals surface area contributed by atoms with E-state index in [0.717, 1.165) is 37.9 Å². The van der Waals surface area contributed by atoms with Gasteiger partial charge in [-0.05, 0) is 42.0 Å². The number of nitrogens with one attached hydrogen (secondary N) is 1. The van der Waals surface area contributed by atoms with Crippen molar-refractivity contribution in [2.45, 2.75) is 58.4 Å². The molecule has 1 atom stereocenters. The summed E-state index contributed by atoms with van der Waals surface area (Å²) in [4.78, 5) is 16.3. The molecule has 0 saturated carbocycles. The zero-order valence-electron chi connectivity index (χ0n) is 23.9. The van der Waals surface area contributed by atoms with Crippen LogP contribution >= 0.6 is 0 Å². The quantitative estimate of drug-likeness (QED) is 0.107.